The lowest BCUT2D eigenvalue weighted by molar-refractivity contribution is -0.228. The third-order valence-corrected chi connectivity index (χ3v) is 7.75. The van der Waals surface area contributed by atoms with Gasteiger partial charge in [-0.2, -0.15) is 13.2 Å². The number of likely N-dealkylation sites (N-methyl/N-ethyl adjacent to an activating group) is 1. The fraction of sp³-hybridized carbons (Fsp3) is 0.583. The van der Waals surface area contributed by atoms with E-state index in [1.54, 1.807) is 26.8 Å². The number of halogens is 3. The number of carbonyl (C=O) groups is 9. The third kappa shape index (κ3) is 16.1. The van der Waals surface area contributed by atoms with E-state index in [2.05, 4.69) is 10.6 Å². The van der Waals surface area contributed by atoms with Crippen LogP contribution in [0.25, 0.3) is 0 Å². The van der Waals surface area contributed by atoms with Crippen molar-refractivity contribution in [1.82, 2.24) is 25.3 Å². The van der Waals surface area contributed by atoms with Gasteiger partial charge in [0.25, 0.3) is 0 Å². The minimum absolute atomic E-state index is 0.135. The molecule has 1 fully saturated rings. The zero-order valence-corrected chi connectivity index (χ0v) is 33.2. The molecule has 1 heterocycles. The molecule has 2 rings (SSSR count). The van der Waals surface area contributed by atoms with Gasteiger partial charge in [-0.25, -0.2) is 0 Å². The van der Waals surface area contributed by atoms with Crippen LogP contribution in [0.15, 0.2) is 30.3 Å². The molecule has 58 heavy (non-hydrogen) atoms. The summed E-state index contributed by atoms with van der Waals surface area (Å²) in [6.45, 7) is 3.41. The van der Waals surface area contributed by atoms with Crippen LogP contribution in [0.4, 0.5) is 13.2 Å². The molecule has 5 amide bonds. The molecule has 2 N–H and O–H groups in total. The second-order valence-electron chi connectivity index (χ2n) is 14.0. The number of ether oxygens (including phenoxy) is 5. The lowest BCUT2D eigenvalue weighted by Gasteiger charge is -2.45. The first-order chi connectivity index (χ1) is 26.8. The van der Waals surface area contributed by atoms with Gasteiger partial charge in [-0.1, -0.05) is 30.3 Å². The van der Waals surface area contributed by atoms with Gasteiger partial charge in [0.1, 0.15) is 50.2 Å². The number of nitrogens with zero attached hydrogens (tertiary/aromatic N) is 3. The minimum atomic E-state index is -5.45. The summed E-state index contributed by atoms with van der Waals surface area (Å²) >= 11 is 0. The van der Waals surface area contributed by atoms with Crippen molar-refractivity contribution < 1.29 is 80.0 Å². The maximum Gasteiger partial charge on any atom is 0.471 e. The molecule has 1 saturated heterocycles. The van der Waals surface area contributed by atoms with Gasteiger partial charge in [0, 0.05) is 41.3 Å². The van der Waals surface area contributed by atoms with Crippen LogP contribution in [-0.4, -0.2) is 150 Å². The Labute approximate surface area is 331 Å². The Morgan fingerprint density at radius 2 is 1.36 bits per heavy atom. The smallest absolute Gasteiger partial charge is 0.463 e. The van der Waals surface area contributed by atoms with Crippen molar-refractivity contribution in [2.75, 3.05) is 39.8 Å². The molecule has 0 aliphatic carbocycles. The Hall–Kier alpha value is -5.64. The summed E-state index contributed by atoms with van der Waals surface area (Å²) in [5.74, 6) is -10.4. The molecule has 0 bridgehead atoms. The van der Waals surface area contributed by atoms with E-state index < -0.39 is 135 Å². The monoisotopic (exact) mass is 831 g/mol. The summed E-state index contributed by atoms with van der Waals surface area (Å²) < 4.78 is 68.1. The van der Waals surface area contributed by atoms with Crippen LogP contribution in [0.2, 0.25) is 0 Å². The van der Waals surface area contributed by atoms with Crippen LogP contribution in [0.5, 0.6) is 0 Å². The SMILES string of the molecule is CC(=O)N[C@@H]1[C@@H](OC(C)=O)[C@H](OC(C)=O)[C@@H](COC(C)=O)O[C@H]1NCC(=O)N(CC(=O)N(C)CC(=O)OC(C)(C)C)C(=O)CN(Cc1ccccc1)C(=O)C(F)(F)F. The molecule has 1 aliphatic heterocycles. The van der Waals surface area contributed by atoms with E-state index >= 15 is 0 Å². The summed E-state index contributed by atoms with van der Waals surface area (Å²) in [4.78, 5) is 115. The molecule has 19 nitrogen and oxygen atoms in total. The van der Waals surface area contributed by atoms with Gasteiger partial charge in [0.2, 0.25) is 23.6 Å². The lowest BCUT2D eigenvalue weighted by Crippen LogP contribution is -2.69. The van der Waals surface area contributed by atoms with Gasteiger partial charge < -0.3 is 38.8 Å². The summed E-state index contributed by atoms with van der Waals surface area (Å²) in [6.07, 6.45) is -11.5. The number of nitrogens with one attached hydrogen (secondary N) is 2. The van der Waals surface area contributed by atoms with E-state index in [4.69, 9.17) is 23.7 Å². The van der Waals surface area contributed by atoms with Crippen LogP contribution in [-0.2, 0) is 73.4 Å². The highest BCUT2D eigenvalue weighted by Gasteiger charge is 2.51. The van der Waals surface area contributed by atoms with Gasteiger partial charge in [-0.05, 0) is 26.3 Å². The van der Waals surface area contributed by atoms with Crippen LogP contribution in [0.3, 0.4) is 0 Å². The molecule has 0 unspecified atom stereocenters. The topological polar surface area (TPSA) is 234 Å². The van der Waals surface area contributed by atoms with Crippen molar-refractivity contribution in [2.45, 2.75) is 97.4 Å². The summed E-state index contributed by atoms with van der Waals surface area (Å²) in [6, 6.07) is 5.85. The quantitative estimate of drug-likeness (QED) is 0.165. The van der Waals surface area contributed by atoms with Crippen molar-refractivity contribution >= 4 is 53.4 Å². The van der Waals surface area contributed by atoms with Gasteiger partial charge in [0.05, 0.1) is 6.54 Å². The van der Waals surface area contributed by atoms with Crippen LogP contribution in [0.1, 0.15) is 54.0 Å². The number of esters is 4. The minimum Gasteiger partial charge on any atom is -0.463 e. The molecule has 1 aliphatic rings. The van der Waals surface area contributed by atoms with Crippen molar-refractivity contribution in [3.05, 3.63) is 35.9 Å². The maximum absolute atomic E-state index is 13.9. The van der Waals surface area contributed by atoms with Gasteiger partial charge >= 0.3 is 36.0 Å². The van der Waals surface area contributed by atoms with Crippen molar-refractivity contribution in [3.63, 3.8) is 0 Å². The largest absolute Gasteiger partial charge is 0.471 e. The first-order valence-corrected chi connectivity index (χ1v) is 17.6. The van der Waals surface area contributed by atoms with E-state index in [9.17, 15) is 56.3 Å². The highest BCUT2D eigenvalue weighted by Crippen LogP contribution is 2.27. The Kier molecular flexibility index (Phi) is 17.7. The zero-order chi connectivity index (χ0) is 44.1. The molecule has 5 atom stereocenters. The number of imide groups is 1. The first kappa shape index (κ1) is 48.5. The molecule has 22 heteroatoms. The molecule has 0 radical (unpaired) electrons. The van der Waals surface area contributed by atoms with Crippen LogP contribution < -0.4 is 10.6 Å². The first-order valence-electron chi connectivity index (χ1n) is 17.6. The fourth-order valence-corrected chi connectivity index (χ4v) is 5.45. The van der Waals surface area contributed by atoms with Crippen molar-refractivity contribution in [1.29, 1.82) is 0 Å². The Balaban J connectivity index is 2.54. The normalized spacial score (nSPS) is 19.1. The van der Waals surface area contributed by atoms with Crippen LogP contribution in [0, 0.1) is 0 Å². The molecule has 0 aromatic heterocycles. The molecule has 0 saturated carbocycles. The average Bonchev–Trinajstić information content (AvgIpc) is 3.08. The predicted octanol–water partition coefficient (Wildman–Crippen LogP) is -0.0215. The predicted molar refractivity (Wildman–Crippen MR) is 190 cm³/mol. The Morgan fingerprint density at radius 1 is 0.776 bits per heavy atom. The van der Waals surface area contributed by atoms with E-state index in [1.165, 1.54) is 24.3 Å². The highest BCUT2D eigenvalue weighted by molar-refractivity contribution is 6.01. The number of hydrogen-bond acceptors (Lipinski definition) is 15. The second-order valence-corrected chi connectivity index (χ2v) is 14.0. The van der Waals surface area contributed by atoms with E-state index in [0.29, 0.717) is 0 Å². The second kappa shape index (κ2) is 21.2. The molecular formula is C36H48F3N5O14. The van der Waals surface area contributed by atoms with E-state index in [0.717, 1.165) is 39.6 Å². The molecule has 1 aromatic carbocycles. The van der Waals surface area contributed by atoms with E-state index in [-0.39, 0.29) is 15.4 Å². The molecule has 1 aromatic rings. The van der Waals surface area contributed by atoms with Gasteiger partial charge in [0.15, 0.2) is 12.2 Å². The maximum atomic E-state index is 13.9. The third-order valence-electron chi connectivity index (χ3n) is 7.75. The molecule has 322 valence electrons. The summed E-state index contributed by atoms with van der Waals surface area (Å²) in [5, 5.41) is 5.05. The summed E-state index contributed by atoms with van der Waals surface area (Å²) in [7, 11) is 1.14. The fourth-order valence-electron chi connectivity index (χ4n) is 5.45. The number of alkyl halides is 3. The highest BCUT2D eigenvalue weighted by atomic mass is 19.4. The lowest BCUT2D eigenvalue weighted by atomic mass is 9.95. The average molecular weight is 832 g/mol. The van der Waals surface area contributed by atoms with Gasteiger partial charge in [-0.15, -0.1) is 0 Å². The Morgan fingerprint density at radius 3 is 1.88 bits per heavy atom. The van der Waals surface area contributed by atoms with Crippen molar-refractivity contribution in [3.8, 4) is 0 Å². The molecular weight excluding hydrogens is 783 g/mol. The number of hydrogen-bond donors (Lipinski definition) is 2. The number of amides is 5. The molecule has 0 spiro atoms. The number of carbonyl (C=O) groups excluding carboxylic acids is 9. The standard InChI is InChI=1S/C36H48F3N5O14/c1-20(45)41-30-32(56-23(4)48)31(55-22(3)47)25(19-54-21(2)46)57-33(30)40-14-26(49)44(17-27(50)42(8)18-29(52)58-35(5,6)7)28(51)16-43(34(53)36(37,38)39)15-24-12-10-9-11-13-24/h9-13,25,30-33,40H,14-19H2,1-8H3,(H,41,45)/t25-,30-,31-,32-,33-/m1/s1. The van der Waals surface area contributed by atoms with Crippen molar-refractivity contribution in [2.24, 2.45) is 0 Å². The zero-order valence-electron chi connectivity index (χ0n) is 33.2. The Bertz CT molecular complexity index is 1690. The van der Waals surface area contributed by atoms with Crippen LogP contribution >= 0.6 is 0 Å². The number of benzene rings is 1. The van der Waals surface area contributed by atoms with E-state index in [1.807, 2.05) is 0 Å². The summed E-state index contributed by atoms with van der Waals surface area (Å²) in [5.41, 5.74) is -0.755. The van der Waals surface area contributed by atoms with Gasteiger partial charge in [-0.3, -0.25) is 53.4 Å². The number of rotatable bonds is 16.